The molecule has 0 aliphatic heterocycles. The summed E-state index contributed by atoms with van der Waals surface area (Å²) in [5.41, 5.74) is 3.51. The van der Waals surface area contributed by atoms with Crippen LogP contribution in [0.15, 0.2) is 43.0 Å². The fourth-order valence-corrected chi connectivity index (χ4v) is 1.37. The summed E-state index contributed by atoms with van der Waals surface area (Å²) < 4.78 is 0. The molecule has 0 aromatic carbocycles. The number of aryl methyl sites for hydroxylation is 1. The van der Waals surface area contributed by atoms with Gasteiger partial charge in [-0.1, -0.05) is 0 Å². The third-order valence-electron chi connectivity index (χ3n) is 2.25. The van der Waals surface area contributed by atoms with Crippen LogP contribution in [-0.4, -0.2) is 9.97 Å². The molecule has 0 saturated carbocycles. The van der Waals surface area contributed by atoms with E-state index in [1.165, 1.54) is 5.56 Å². The van der Waals surface area contributed by atoms with Crippen molar-refractivity contribution in [3.8, 4) is 0 Å². The van der Waals surface area contributed by atoms with Gasteiger partial charge < -0.3 is 5.32 Å². The smallest absolute Gasteiger partial charge is 0.0403 e. The molecule has 0 bridgehead atoms. The van der Waals surface area contributed by atoms with Crippen LogP contribution < -0.4 is 5.32 Å². The molecule has 0 aliphatic rings. The lowest BCUT2D eigenvalue weighted by Crippen LogP contribution is -2.01. The van der Waals surface area contributed by atoms with Gasteiger partial charge in [-0.2, -0.15) is 0 Å². The van der Waals surface area contributed by atoms with Crippen LogP contribution in [-0.2, 0) is 6.54 Å². The van der Waals surface area contributed by atoms with Gasteiger partial charge in [0.05, 0.1) is 0 Å². The number of aromatic nitrogens is 2. The number of anilines is 1. The minimum absolute atomic E-state index is 0.813. The highest BCUT2D eigenvalue weighted by Gasteiger charge is 1.96. The van der Waals surface area contributed by atoms with Gasteiger partial charge >= 0.3 is 0 Å². The molecule has 0 atom stereocenters. The predicted molar refractivity (Wildman–Crippen MR) is 60.5 cm³/mol. The molecule has 0 unspecified atom stereocenters. The Bertz CT molecular complexity index is 426. The summed E-state index contributed by atoms with van der Waals surface area (Å²) in [5.74, 6) is 0. The monoisotopic (exact) mass is 199 g/mol. The molecule has 2 aromatic rings. The second kappa shape index (κ2) is 4.55. The number of nitrogens with zero attached hydrogens (tertiary/aromatic N) is 2. The fourth-order valence-electron chi connectivity index (χ4n) is 1.37. The summed E-state index contributed by atoms with van der Waals surface area (Å²) in [6.07, 6.45) is 7.25. The number of hydrogen-bond acceptors (Lipinski definition) is 3. The Morgan fingerprint density at radius 1 is 1.07 bits per heavy atom. The lowest BCUT2D eigenvalue weighted by atomic mass is 10.2. The minimum atomic E-state index is 0.813. The van der Waals surface area contributed by atoms with E-state index in [0.717, 1.165) is 17.8 Å². The standard InChI is InChI=1S/C12H13N3/c1-10-8-14-7-4-12(10)15-9-11-2-5-13-6-3-11/h2-8H,9H2,1H3,(H,14,15). The van der Waals surface area contributed by atoms with E-state index in [0.29, 0.717) is 0 Å². The number of hydrogen-bond donors (Lipinski definition) is 1. The first-order valence-corrected chi connectivity index (χ1v) is 4.89. The van der Waals surface area contributed by atoms with Crippen LogP contribution >= 0.6 is 0 Å². The van der Waals surface area contributed by atoms with Gasteiger partial charge in [0, 0.05) is 37.0 Å². The lowest BCUT2D eigenvalue weighted by Gasteiger charge is -2.08. The third-order valence-corrected chi connectivity index (χ3v) is 2.25. The average Bonchev–Trinajstić information content (AvgIpc) is 2.29. The highest BCUT2D eigenvalue weighted by molar-refractivity contribution is 5.48. The van der Waals surface area contributed by atoms with E-state index < -0.39 is 0 Å². The molecule has 2 rings (SSSR count). The molecule has 3 heteroatoms. The summed E-state index contributed by atoms with van der Waals surface area (Å²) in [7, 11) is 0. The zero-order valence-electron chi connectivity index (χ0n) is 8.64. The van der Waals surface area contributed by atoms with Crippen LogP contribution in [0.25, 0.3) is 0 Å². The van der Waals surface area contributed by atoms with Gasteiger partial charge in [-0.15, -0.1) is 0 Å². The Morgan fingerprint density at radius 3 is 2.53 bits per heavy atom. The van der Waals surface area contributed by atoms with E-state index >= 15 is 0 Å². The van der Waals surface area contributed by atoms with Crippen LogP contribution in [0.5, 0.6) is 0 Å². The van der Waals surface area contributed by atoms with Gasteiger partial charge in [-0.25, -0.2) is 0 Å². The van der Waals surface area contributed by atoms with Crippen LogP contribution in [0, 0.1) is 6.92 Å². The molecular weight excluding hydrogens is 186 g/mol. The van der Waals surface area contributed by atoms with E-state index in [9.17, 15) is 0 Å². The molecule has 0 radical (unpaired) electrons. The van der Waals surface area contributed by atoms with Gasteiger partial charge in [-0.3, -0.25) is 9.97 Å². The highest BCUT2D eigenvalue weighted by Crippen LogP contribution is 2.12. The zero-order chi connectivity index (χ0) is 10.5. The molecule has 0 fully saturated rings. The van der Waals surface area contributed by atoms with Crippen molar-refractivity contribution in [2.45, 2.75) is 13.5 Å². The lowest BCUT2D eigenvalue weighted by molar-refractivity contribution is 1.11. The fraction of sp³-hybridized carbons (Fsp3) is 0.167. The van der Waals surface area contributed by atoms with E-state index in [-0.39, 0.29) is 0 Å². The van der Waals surface area contributed by atoms with Crippen molar-refractivity contribution in [2.75, 3.05) is 5.32 Å². The first kappa shape index (κ1) is 9.65. The summed E-state index contributed by atoms with van der Waals surface area (Å²) in [5, 5.41) is 3.36. The Kier molecular flexibility index (Phi) is 2.93. The average molecular weight is 199 g/mol. The quantitative estimate of drug-likeness (QED) is 0.824. The van der Waals surface area contributed by atoms with E-state index in [1.54, 1.807) is 18.6 Å². The van der Waals surface area contributed by atoms with Gasteiger partial charge in [-0.05, 0) is 36.2 Å². The Morgan fingerprint density at radius 2 is 1.80 bits per heavy atom. The SMILES string of the molecule is Cc1cnccc1NCc1ccncc1. The molecular formula is C12H13N3. The maximum Gasteiger partial charge on any atom is 0.0403 e. The van der Waals surface area contributed by atoms with Crippen LogP contribution in [0.2, 0.25) is 0 Å². The molecule has 0 saturated heterocycles. The van der Waals surface area contributed by atoms with Crippen molar-refractivity contribution in [2.24, 2.45) is 0 Å². The first-order valence-electron chi connectivity index (χ1n) is 4.89. The van der Waals surface area contributed by atoms with Crippen molar-refractivity contribution < 1.29 is 0 Å². The first-order chi connectivity index (χ1) is 7.36. The third kappa shape index (κ3) is 2.53. The maximum absolute atomic E-state index is 4.05. The molecule has 1 N–H and O–H groups in total. The molecule has 0 aliphatic carbocycles. The summed E-state index contributed by atoms with van der Waals surface area (Å²) in [4.78, 5) is 8.03. The molecule has 0 spiro atoms. The Labute approximate surface area is 89.2 Å². The maximum atomic E-state index is 4.05. The van der Waals surface area contributed by atoms with Crippen molar-refractivity contribution in [1.29, 1.82) is 0 Å². The molecule has 15 heavy (non-hydrogen) atoms. The van der Waals surface area contributed by atoms with Crippen molar-refractivity contribution in [1.82, 2.24) is 9.97 Å². The Balaban J connectivity index is 2.03. The molecule has 0 amide bonds. The Hall–Kier alpha value is -1.90. The van der Waals surface area contributed by atoms with E-state index in [1.807, 2.05) is 31.3 Å². The molecule has 3 nitrogen and oxygen atoms in total. The van der Waals surface area contributed by atoms with Crippen molar-refractivity contribution >= 4 is 5.69 Å². The number of pyridine rings is 2. The molecule has 76 valence electrons. The minimum Gasteiger partial charge on any atom is -0.381 e. The zero-order valence-corrected chi connectivity index (χ0v) is 8.64. The van der Waals surface area contributed by atoms with Gasteiger partial charge in [0.1, 0.15) is 0 Å². The number of rotatable bonds is 3. The molecule has 2 aromatic heterocycles. The largest absolute Gasteiger partial charge is 0.381 e. The number of nitrogens with one attached hydrogen (secondary N) is 1. The van der Waals surface area contributed by atoms with Gasteiger partial charge in [0.25, 0.3) is 0 Å². The summed E-state index contributed by atoms with van der Waals surface area (Å²) in [6, 6.07) is 5.99. The molecule has 2 heterocycles. The topological polar surface area (TPSA) is 37.8 Å². The normalized spacial score (nSPS) is 9.93. The van der Waals surface area contributed by atoms with Crippen molar-refractivity contribution in [3.63, 3.8) is 0 Å². The van der Waals surface area contributed by atoms with Crippen molar-refractivity contribution in [3.05, 3.63) is 54.1 Å². The highest BCUT2D eigenvalue weighted by atomic mass is 14.9. The van der Waals surface area contributed by atoms with Gasteiger partial charge in [0.2, 0.25) is 0 Å². The van der Waals surface area contributed by atoms with Gasteiger partial charge in [0.15, 0.2) is 0 Å². The summed E-state index contributed by atoms with van der Waals surface area (Å²) >= 11 is 0. The van der Waals surface area contributed by atoms with Crippen LogP contribution in [0.3, 0.4) is 0 Å². The van der Waals surface area contributed by atoms with Crippen LogP contribution in [0.4, 0.5) is 5.69 Å². The van der Waals surface area contributed by atoms with Crippen LogP contribution in [0.1, 0.15) is 11.1 Å². The van der Waals surface area contributed by atoms with E-state index in [4.69, 9.17) is 0 Å². The second-order valence-electron chi connectivity index (χ2n) is 3.40. The second-order valence-corrected chi connectivity index (χ2v) is 3.40. The predicted octanol–water partition coefficient (Wildman–Crippen LogP) is 2.40. The van der Waals surface area contributed by atoms with E-state index in [2.05, 4.69) is 15.3 Å². The summed E-state index contributed by atoms with van der Waals surface area (Å²) in [6.45, 7) is 2.86.